The van der Waals surface area contributed by atoms with E-state index in [1.807, 2.05) is 60.7 Å². The van der Waals surface area contributed by atoms with Crippen LogP contribution >= 0.6 is 11.6 Å². The number of aromatic amines is 1. The van der Waals surface area contributed by atoms with Crippen molar-refractivity contribution < 1.29 is 14.1 Å². The first-order valence-corrected chi connectivity index (χ1v) is 11.7. The molecule has 3 aromatic carbocycles. The topological polar surface area (TPSA) is 84.2 Å². The number of aromatic nitrogens is 3. The van der Waals surface area contributed by atoms with Gasteiger partial charge in [0.25, 0.3) is 0 Å². The number of halogens is 1. The van der Waals surface area contributed by atoms with E-state index in [0.29, 0.717) is 35.5 Å². The minimum absolute atomic E-state index is 0.359. The highest BCUT2D eigenvalue weighted by Crippen LogP contribution is 2.40. The molecule has 1 atom stereocenters. The first kappa shape index (κ1) is 21.4. The Labute approximate surface area is 206 Å². The van der Waals surface area contributed by atoms with Crippen molar-refractivity contribution in [1.29, 1.82) is 0 Å². The third-order valence-electron chi connectivity index (χ3n) is 6.28. The van der Waals surface area contributed by atoms with Crippen LogP contribution in [0.15, 0.2) is 77.3 Å². The van der Waals surface area contributed by atoms with E-state index in [2.05, 4.69) is 15.1 Å². The van der Waals surface area contributed by atoms with Crippen LogP contribution in [-0.2, 0) is 6.42 Å². The van der Waals surface area contributed by atoms with Gasteiger partial charge in [-0.3, -0.25) is 4.90 Å². The minimum Gasteiger partial charge on any atom is -0.410 e. The molecular weight excluding hydrogens is 464 g/mol. The first-order valence-electron chi connectivity index (χ1n) is 11.3. The van der Waals surface area contributed by atoms with Crippen molar-refractivity contribution in [3.05, 3.63) is 101 Å². The summed E-state index contributed by atoms with van der Waals surface area (Å²) in [5, 5.41) is 5.76. The maximum atomic E-state index is 13.4. The van der Waals surface area contributed by atoms with E-state index in [4.69, 9.17) is 20.9 Å². The van der Waals surface area contributed by atoms with Gasteiger partial charge in [0, 0.05) is 40.7 Å². The van der Waals surface area contributed by atoms with Crippen LogP contribution in [0, 0.1) is 6.92 Å². The number of carbonyl (C=O) groups is 1. The third kappa shape index (κ3) is 3.94. The summed E-state index contributed by atoms with van der Waals surface area (Å²) in [5.41, 5.74) is 4.89. The molecule has 7 nitrogen and oxygen atoms in total. The molecule has 0 bridgehead atoms. The average molecular weight is 485 g/mol. The summed E-state index contributed by atoms with van der Waals surface area (Å²) in [6.07, 6.45) is 0.289. The number of hydrogen-bond acceptors (Lipinski definition) is 5. The summed E-state index contributed by atoms with van der Waals surface area (Å²) < 4.78 is 10.8. The molecule has 6 rings (SSSR count). The number of rotatable bonds is 3. The smallest absolute Gasteiger partial charge is 0.410 e. The van der Waals surface area contributed by atoms with E-state index in [1.54, 1.807) is 24.0 Å². The quantitative estimate of drug-likeness (QED) is 0.323. The number of fused-ring (bicyclic) bond motifs is 3. The Kier molecular flexibility index (Phi) is 5.26. The van der Waals surface area contributed by atoms with E-state index in [-0.39, 0.29) is 6.04 Å². The standard InChI is InChI=1S/C27H21ClN4O3/c1-16-29-26(31-35-16)18-9-7-17(8-10-18)25-24-21(22-15-19(28)11-12-23(22)30-24)13-14-32(25)27(33)34-20-5-3-2-4-6-20/h2-12,15,25,30H,13-14H2,1H3. The Bertz CT molecular complexity index is 1530. The van der Waals surface area contributed by atoms with Crippen molar-refractivity contribution in [1.82, 2.24) is 20.0 Å². The fraction of sp³-hybridized carbons (Fsp3) is 0.148. The van der Waals surface area contributed by atoms with Crippen LogP contribution in [0.1, 0.15) is 28.8 Å². The number of nitrogens with one attached hydrogen (secondary N) is 1. The summed E-state index contributed by atoms with van der Waals surface area (Å²) in [6, 6.07) is 22.4. The maximum absolute atomic E-state index is 13.4. The Morgan fingerprint density at radius 1 is 1.11 bits per heavy atom. The molecule has 3 heterocycles. The van der Waals surface area contributed by atoms with Crippen LogP contribution in [0.5, 0.6) is 5.75 Å². The van der Waals surface area contributed by atoms with E-state index in [0.717, 1.165) is 33.3 Å². The lowest BCUT2D eigenvalue weighted by atomic mass is 9.92. The fourth-order valence-electron chi connectivity index (χ4n) is 4.68. The van der Waals surface area contributed by atoms with Gasteiger partial charge >= 0.3 is 6.09 Å². The Morgan fingerprint density at radius 3 is 2.66 bits per heavy atom. The zero-order valence-electron chi connectivity index (χ0n) is 18.9. The number of carbonyl (C=O) groups excluding carboxylic acids is 1. The van der Waals surface area contributed by atoms with Crippen molar-refractivity contribution >= 4 is 28.6 Å². The number of amides is 1. The Balaban J connectivity index is 1.42. The second-order valence-corrected chi connectivity index (χ2v) is 8.93. The molecule has 1 unspecified atom stereocenters. The summed E-state index contributed by atoms with van der Waals surface area (Å²) >= 11 is 6.30. The van der Waals surface area contributed by atoms with Crippen LogP contribution < -0.4 is 4.74 Å². The predicted octanol–water partition coefficient (Wildman–Crippen LogP) is 6.33. The lowest BCUT2D eigenvalue weighted by Gasteiger charge is -2.35. The van der Waals surface area contributed by atoms with Crippen LogP contribution in [0.4, 0.5) is 4.79 Å². The van der Waals surface area contributed by atoms with Crippen LogP contribution in [0.25, 0.3) is 22.3 Å². The number of ether oxygens (including phenoxy) is 1. The molecule has 1 aliphatic rings. The Morgan fingerprint density at radius 2 is 1.91 bits per heavy atom. The van der Waals surface area contributed by atoms with Gasteiger partial charge in [0.1, 0.15) is 11.8 Å². The lowest BCUT2D eigenvalue weighted by Crippen LogP contribution is -2.42. The zero-order chi connectivity index (χ0) is 23.9. The van der Waals surface area contributed by atoms with Crippen molar-refractivity contribution in [3.63, 3.8) is 0 Å². The van der Waals surface area contributed by atoms with Crippen LogP contribution in [-0.4, -0.2) is 32.7 Å². The van der Waals surface area contributed by atoms with E-state index < -0.39 is 6.09 Å². The molecule has 8 heteroatoms. The van der Waals surface area contributed by atoms with Crippen molar-refractivity contribution in [3.8, 4) is 17.1 Å². The number of hydrogen-bond donors (Lipinski definition) is 1. The molecule has 0 saturated carbocycles. The van der Waals surface area contributed by atoms with Crippen molar-refractivity contribution in [2.24, 2.45) is 0 Å². The fourth-order valence-corrected chi connectivity index (χ4v) is 4.86. The first-order chi connectivity index (χ1) is 17.1. The number of nitrogens with zero attached hydrogens (tertiary/aromatic N) is 3. The number of para-hydroxylation sites is 1. The average Bonchev–Trinajstić information content (AvgIpc) is 3.47. The van der Waals surface area contributed by atoms with Gasteiger partial charge in [0.15, 0.2) is 0 Å². The van der Waals surface area contributed by atoms with E-state index >= 15 is 0 Å². The SMILES string of the molecule is Cc1nc(-c2ccc(C3c4[nH]c5ccc(Cl)cc5c4CCN3C(=O)Oc3ccccc3)cc2)no1. The number of benzene rings is 3. The monoisotopic (exact) mass is 484 g/mol. The molecule has 0 saturated heterocycles. The molecule has 0 spiro atoms. The van der Waals surface area contributed by atoms with Gasteiger partial charge in [0.05, 0.1) is 0 Å². The Hall–Kier alpha value is -4.10. The predicted molar refractivity (Wildman–Crippen MR) is 132 cm³/mol. The van der Waals surface area contributed by atoms with Gasteiger partial charge in [-0.05, 0) is 47.9 Å². The molecular formula is C27H21ClN4O3. The highest BCUT2D eigenvalue weighted by molar-refractivity contribution is 6.31. The van der Waals surface area contributed by atoms with Gasteiger partial charge < -0.3 is 14.2 Å². The molecule has 1 N–H and O–H groups in total. The summed E-state index contributed by atoms with van der Waals surface area (Å²) in [4.78, 5) is 23.0. The van der Waals surface area contributed by atoms with E-state index in [1.165, 1.54) is 0 Å². The number of H-pyrrole nitrogens is 1. The normalized spacial score (nSPS) is 15.3. The lowest BCUT2D eigenvalue weighted by molar-refractivity contribution is 0.135. The van der Waals surface area contributed by atoms with Crippen molar-refractivity contribution in [2.45, 2.75) is 19.4 Å². The second kappa shape index (κ2) is 8.60. The molecule has 35 heavy (non-hydrogen) atoms. The molecule has 1 amide bonds. The minimum atomic E-state index is -0.401. The highest BCUT2D eigenvalue weighted by atomic mass is 35.5. The molecule has 0 radical (unpaired) electrons. The molecule has 0 aliphatic carbocycles. The molecule has 2 aromatic heterocycles. The number of aryl methyl sites for hydroxylation is 1. The van der Waals surface area contributed by atoms with Gasteiger partial charge in [-0.15, -0.1) is 0 Å². The molecule has 1 aliphatic heterocycles. The van der Waals surface area contributed by atoms with Gasteiger partial charge in [-0.1, -0.05) is 59.2 Å². The summed E-state index contributed by atoms with van der Waals surface area (Å²) in [7, 11) is 0. The highest BCUT2D eigenvalue weighted by Gasteiger charge is 2.35. The van der Waals surface area contributed by atoms with Crippen LogP contribution in [0.3, 0.4) is 0 Å². The van der Waals surface area contributed by atoms with Crippen LogP contribution in [0.2, 0.25) is 5.02 Å². The zero-order valence-corrected chi connectivity index (χ0v) is 19.6. The summed E-state index contributed by atoms with van der Waals surface area (Å²) in [5.74, 6) is 1.54. The summed E-state index contributed by atoms with van der Waals surface area (Å²) in [6.45, 7) is 2.27. The molecule has 5 aromatic rings. The third-order valence-corrected chi connectivity index (χ3v) is 6.52. The van der Waals surface area contributed by atoms with Gasteiger partial charge in [-0.25, -0.2) is 4.79 Å². The molecule has 174 valence electrons. The molecule has 0 fully saturated rings. The van der Waals surface area contributed by atoms with Crippen molar-refractivity contribution in [2.75, 3.05) is 6.54 Å². The second-order valence-electron chi connectivity index (χ2n) is 8.49. The maximum Gasteiger partial charge on any atom is 0.416 e. The van der Waals surface area contributed by atoms with Gasteiger partial charge in [0.2, 0.25) is 11.7 Å². The van der Waals surface area contributed by atoms with Gasteiger partial charge in [-0.2, -0.15) is 4.98 Å². The van der Waals surface area contributed by atoms with E-state index in [9.17, 15) is 4.79 Å². The largest absolute Gasteiger partial charge is 0.416 e.